The molecule has 0 heterocycles. The summed E-state index contributed by atoms with van der Waals surface area (Å²) in [7, 11) is -2.96. The van der Waals surface area contributed by atoms with Crippen LogP contribution in [-0.4, -0.2) is 62.2 Å². The van der Waals surface area contributed by atoms with Crippen molar-refractivity contribution in [3.05, 3.63) is 28.8 Å². The van der Waals surface area contributed by atoms with E-state index in [4.69, 9.17) is 14.4 Å². The Hall–Kier alpha value is -2.30. The van der Waals surface area contributed by atoms with Crippen LogP contribution in [0.3, 0.4) is 0 Å². The van der Waals surface area contributed by atoms with Crippen LogP contribution < -0.4 is 15.4 Å². The van der Waals surface area contributed by atoms with Crippen molar-refractivity contribution < 1.29 is 42.4 Å². The van der Waals surface area contributed by atoms with E-state index in [2.05, 4.69) is 19.7 Å². The largest absolute Gasteiger partial charge is 0.471 e. The molecule has 0 aliphatic heterocycles. The Morgan fingerprint density at radius 2 is 1.74 bits per heavy atom. The second-order valence-corrected chi connectivity index (χ2v) is 10.3. The third-order valence-corrected chi connectivity index (χ3v) is 6.07. The number of esters is 1. The van der Waals surface area contributed by atoms with Crippen LogP contribution in [0.5, 0.6) is 5.75 Å². The van der Waals surface area contributed by atoms with Crippen molar-refractivity contribution in [1.82, 2.24) is 10.6 Å². The smallest absolute Gasteiger partial charge is 0.424 e. The lowest BCUT2D eigenvalue weighted by molar-refractivity contribution is -0.138. The van der Waals surface area contributed by atoms with E-state index in [1.54, 1.807) is 6.92 Å². The number of hydrogen-bond donors (Lipinski definition) is 3. The first kappa shape index (κ1) is 30.7. The molecule has 0 radical (unpaired) electrons. The number of aryl methyl sites for hydroxylation is 2. The average Bonchev–Trinajstić information content (AvgIpc) is 2.74. The maximum Gasteiger partial charge on any atom is 0.471 e. The number of benzene rings is 1. The minimum atomic E-state index is -4.03. The van der Waals surface area contributed by atoms with Gasteiger partial charge in [-0.05, 0) is 31.9 Å². The number of nitrogens with one attached hydrogen (secondary N) is 2. The van der Waals surface area contributed by atoms with Gasteiger partial charge >= 0.3 is 13.8 Å². The lowest BCUT2D eigenvalue weighted by Gasteiger charge is -2.30. The fraction of sp³-hybridized carbons (Fsp3) is 0.609. The molecule has 0 fully saturated rings. The van der Waals surface area contributed by atoms with Gasteiger partial charge in [0.25, 0.3) is 0 Å². The molecule has 2 amide bonds. The van der Waals surface area contributed by atoms with Gasteiger partial charge in [0, 0.05) is 38.0 Å². The second kappa shape index (κ2) is 13.7. The summed E-state index contributed by atoms with van der Waals surface area (Å²) in [6.07, 6.45) is 0.119. The Morgan fingerprint density at radius 3 is 2.34 bits per heavy atom. The number of hydrogen-bond acceptors (Lipinski definition) is 8. The maximum atomic E-state index is 12.6. The third-order valence-electron chi connectivity index (χ3n) is 5.10. The van der Waals surface area contributed by atoms with Gasteiger partial charge in [-0.3, -0.25) is 18.6 Å². The van der Waals surface area contributed by atoms with E-state index < -0.39 is 25.2 Å². The fourth-order valence-corrected chi connectivity index (χ4v) is 3.90. The van der Waals surface area contributed by atoms with Gasteiger partial charge in [0.2, 0.25) is 11.8 Å². The summed E-state index contributed by atoms with van der Waals surface area (Å²) in [5.74, 6) is -0.781. The van der Waals surface area contributed by atoms with E-state index in [0.29, 0.717) is 5.75 Å². The van der Waals surface area contributed by atoms with Gasteiger partial charge in [-0.2, -0.15) is 0 Å². The third kappa shape index (κ3) is 10.5. The van der Waals surface area contributed by atoms with Gasteiger partial charge in [-0.1, -0.05) is 26.0 Å². The molecule has 0 saturated carbocycles. The highest BCUT2D eigenvalue weighted by Gasteiger charge is 2.31. The summed E-state index contributed by atoms with van der Waals surface area (Å²) in [6, 6.07) is 2.92. The Morgan fingerprint density at radius 1 is 1.11 bits per heavy atom. The molecule has 0 spiro atoms. The van der Waals surface area contributed by atoms with Crippen LogP contribution in [-0.2, 0) is 38.1 Å². The highest BCUT2D eigenvalue weighted by Crippen LogP contribution is 2.41. The zero-order valence-corrected chi connectivity index (χ0v) is 22.3. The molecule has 11 nitrogen and oxygen atoms in total. The van der Waals surface area contributed by atoms with Crippen LogP contribution in [0.25, 0.3) is 0 Å². The predicted molar refractivity (Wildman–Crippen MR) is 129 cm³/mol. The maximum absolute atomic E-state index is 12.6. The van der Waals surface area contributed by atoms with E-state index in [1.807, 2.05) is 39.8 Å². The summed E-state index contributed by atoms with van der Waals surface area (Å²) in [5, 5.41) is 5.28. The van der Waals surface area contributed by atoms with Crippen molar-refractivity contribution >= 4 is 25.6 Å². The van der Waals surface area contributed by atoms with E-state index >= 15 is 0 Å². The summed E-state index contributed by atoms with van der Waals surface area (Å²) in [6.45, 7) is 10.7. The van der Waals surface area contributed by atoms with E-state index in [9.17, 15) is 18.9 Å². The van der Waals surface area contributed by atoms with E-state index in [1.165, 1.54) is 6.92 Å². The van der Waals surface area contributed by atoms with Crippen LogP contribution in [0.1, 0.15) is 50.8 Å². The standard InChI is InChI=1S/C23H37N2O9P/c1-15-8-9-16(2)21(34-22(28)17(3)25-18(4)26)20(15)23(5,6)14-19(27)24-10-11-32-12-13-33-35(29,30)31-7/h8-9,17H,10-14H2,1-7H3,(H,24,27)(H,25,26)(H,29,30). The van der Waals surface area contributed by atoms with Crippen molar-refractivity contribution in [2.24, 2.45) is 0 Å². The Labute approximate surface area is 206 Å². The molecule has 0 aromatic heterocycles. The summed E-state index contributed by atoms with van der Waals surface area (Å²) in [5.41, 5.74) is 1.66. The molecule has 1 aromatic carbocycles. The van der Waals surface area contributed by atoms with Crippen LogP contribution in [0.4, 0.5) is 0 Å². The molecule has 0 bridgehead atoms. The van der Waals surface area contributed by atoms with Crippen molar-refractivity contribution in [1.29, 1.82) is 0 Å². The summed E-state index contributed by atoms with van der Waals surface area (Å²) >= 11 is 0. The van der Waals surface area contributed by atoms with Gasteiger partial charge in [0.1, 0.15) is 11.8 Å². The SMILES string of the molecule is COP(=O)(O)OCCOCCNC(=O)CC(C)(C)c1c(C)ccc(C)c1OC(=O)C(C)NC(C)=O. The first-order valence-electron chi connectivity index (χ1n) is 11.2. The second-order valence-electron chi connectivity index (χ2n) is 8.75. The molecule has 0 saturated heterocycles. The Kier molecular flexibility index (Phi) is 12.0. The number of ether oxygens (including phenoxy) is 2. The van der Waals surface area contributed by atoms with Crippen LogP contribution in [0.15, 0.2) is 12.1 Å². The van der Waals surface area contributed by atoms with Crippen molar-refractivity contribution in [3.63, 3.8) is 0 Å². The minimum Gasteiger partial charge on any atom is -0.424 e. The molecule has 198 valence electrons. The molecular formula is C23H37N2O9P. The highest BCUT2D eigenvalue weighted by atomic mass is 31.2. The zero-order valence-electron chi connectivity index (χ0n) is 21.4. The van der Waals surface area contributed by atoms with Gasteiger partial charge in [-0.25, -0.2) is 9.36 Å². The number of amides is 2. The molecule has 3 N–H and O–H groups in total. The number of rotatable bonds is 14. The molecule has 1 rings (SSSR count). The van der Waals surface area contributed by atoms with Gasteiger partial charge in [-0.15, -0.1) is 0 Å². The quantitative estimate of drug-likeness (QED) is 0.146. The lowest BCUT2D eigenvalue weighted by atomic mass is 9.77. The molecule has 2 unspecified atom stereocenters. The van der Waals surface area contributed by atoms with Gasteiger partial charge in [0.15, 0.2) is 0 Å². The monoisotopic (exact) mass is 516 g/mol. The molecule has 35 heavy (non-hydrogen) atoms. The fourth-order valence-electron chi connectivity index (χ4n) is 3.49. The van der Waals surface area contributed by atoms with E-state index in [0.717, 1.165) is 23.8 Å². The van der Waals surface area contributed by atoms with Crippen molar-refractivity contribution in [2.45, 2.75) is 59.4 Å². The molecular weight excluding hydrogens is 479 g/mol. The average molecular weight is 517 g/mol. The number of carbonyl (C=O) groups excluding carboxylic acids is 3. The topological polar surface area (TPSA) is 149 Å². The minimum absolute atomic E-state index is 0.0589. The first-order valence-corrected chi connectivity index (χ1v) is 12.7. The molecule has 0 aliphatic carbocycles. The number of phosphoric acid groups is 1. The van der Waals surface area contributed by atoms with Crippen LogP contribution in [0.2, 0.25) is 0 Å². The van der Waals surface area contributed by atoms with Crippen LogP contribution >= 0.6 is 7.82 Å². The molecule has 2 atom stereocenters. The normalized spacial score (nSPS) is 14.1. The highest BCUT2D eigenvalue weighted by molar-refractivity contribution is 7.47. The Bertz CT molecular complexity index is 949. The first-order chi connectivity index (χ1) is 16.2. The summed E-state index contributed by atoms with van der Waals surface area (Å²) < 4.78 is 31.0. The summed E-state index contributed by atoms with van der Waals surface area (Å²) in [4.78, 5) is 45.6. The van der Waals surface area contributed by atoms with E-state index in [-0.39, 0.29) is 44.6 Å². The number of phosphoric ester groups is 1. The van der Waals surface area contributed by atoms with Gasteiger partial charge in [0.05, 0.1) is 19.8 Å². The van der Waals surface area contributed by atoms with Crippen molar-refractivity contribution in [2.75, 3.05) is 33.5 Å². The predicted octanol–water partition coefficient (Wildman–Crippen LogP) is 2.30. The molecule has 12 heteroatoms. The molecule has 0 aliphatic rings. The molecule has 1 aromatic rings. The van der Waals surface area contributed by atoms with Crippen molar-refractivity contribution in [3.8, 4) is 5.75 Å². The lowest BCUT2D eigenvalue weighted by Crippen LogP contribution is -2.40. The number of carbonyl (C=O) groups is 3. The zero-order chi connectivity index (χ0) is 26.8. The van der Waals surface area contributed by atoms with Crippen LogP contribution in [0, 0.1) is 13.8 Å². The van der Waals surface area contributed by atoms with Gasteiger partial charge < -0.3 is 25.0 Å². The Balaban J connectivity index is 2.75.